The zero-order valence-electron chi connectivity index (χ0n) is 60.6. The van der Waals surface area contributed by atoms with E-state index in [0.717, 1.165) is 136 Å². The molecule has 26 heteroatoms. The van der Waals surface area contributed by atoms with Gasteiger partial charge >= 0.3 is 30.0 Å². The summed E-state index contributed by atoms with van der Waals surface area (Å²) >= 11 is 0. The fraction of sp³-hybridized carbons (Fsp3) is 0.412. The lowest BCUT2D eigenvalue weighted by Crippen LogP contribution is -2.70. The van der Waals surface area contributed by atoms with Crippen LogP contribution in [0.25, 0.3) is 0 Å². The topological polar surface area (TPSA) is 298 Å². The maximum Gasteiger partial charge on any atom is 0.320 e. The standard InChI is InChI=1S/C22H26N4O2.C20H25F2N3O2.C19H26N4O2.C18H23N5O2.CH4/c27-21-20-14-19(7-6-17(20)8-11-23-21)25-22(28)24-18-9-12-26(13-10-18)15-16-4-2-1-3-5-16;1-14-12-17(18(27-14)20(2,21)22)24-19(26)23-16-8-10-25(11-9-16)13-15-6-4-3-5-7-15;1-13-10-23(12-16-7-5-4-6-8-16)11-14(2)18(13)21-19(24)20-17-9-15(3)25-22-17;24-18(21-16-6-9-19-12-17(16)22-25)20-15-7-10-23(11-8-15)13-14-4-2-1-3-5-14;/h1-7,14,18H,8-13,15H2,(H,23,27)(H2,24,25,28);3-7,12,16H,8-11,13H2,1-2H3,(H2,23,24,26);4-9,13-14,18H,10-12H2,1-3H3,(H2,20,21,22,24);1-6,9,12,15H,7-8,10-11,13,22H2,(H2,19,20,21,24);1H4. The Morgan fingerprint density at radius 3 is 1.45 bits per heavy atom. The molecule has 4 fully saturated rings. The van der Waals surface area contributed by atoms with Gasteiger partial charge in [0, 0.05) is 146 Å². The Morgan fingerprint density at radius 2 is 1.01 bits per heavy atom. The number of halogens is 2. The summed E-state index contributed by atoms with van der Waals surface area (Å²) in [6.07, 6.45) is 9.15. The largest absolute Gasteiger partial charge is 0.630 e. The van der Waals surface area contributed by atoms with E-state index in [-0.39, 0.29) is 61.3 Å². The molecule has 8 aromatic rings. The van der Waals surface area contributed by atoms with Crippen molar-refractivity contribution in [3.05, 3.63) is 226 Å². The van der Waals surface area contributed by atoms with Crippen LogP contribution in [0.5, 0.6) is 0 Å². The number of benzene rings is 5. The lowest BCUT2D eigenvalue weighted by molar-refractivity contribution is -0.496. The van der Waals surface area contributed by atoms with Crippen molar-refractivity contribution in [2.45, 2.75) is 143 Å². The third-order valence-corrected chi connectivity index (χ3v) is 19.3. The number of furan rings is 1. The highest BCUT2D eigenvalue weighted by Crippen LogP contribution is 2.36. The van der Waals surface area contributed by atoms with E-state index in [0.29, 0.717) is 63.8 Å². The zero-order chi connectivity index (χ0) is 74.1. The van der Waals surface area contributed by atoms with Gasteiger partial charge in [-0.1, -0.05) is 154 Å². The van der Waals surface area contributed by atoms with Crippen LogP contribution in [0.15, 0.2) is 179 Å². The number of likely N-dealkylation sites (tertiary alicyclic amines) is 4. The first-order valence-corrected chi connectivity index (χ1v) is 36.3. The fourth-order valence-corrected chi connectivity index (χ4v) is 14.0. The van der Waals surface area contributed by atoms with Crippen molar-refractivity contribution < 1.29 is 47.2 Å². The predicted octanol–water partition coefficient (Wildman–Crippen LogP) is 12.7. The van der Waals surface area contributed by atoms with E-state index < -0.39 is 17.7 Å². The number of anilines is 4. The van der Waals surface area contributed by atoms with E-state index in [1.165, 1.54) is 34.5 Å². The molecular formula is C80H104F2N16O8. The first-order valence-electron chi connectivity index (χ1n) is 36.3. The number of carbonyl (C=O) groups is 5. The molecule has 2 atom stereocenters. The Bertz CT molecular complexity index is 4020. The molecular weight excluding hydrogens is 1350 g/mol. The highest BCUT2D eigenvalue weighted by Gasteiger charge is 2.35. The molecule has 5 aromatic carbocycles. The van der Waals surface area contributed by atoms with E-state index in [9.17, 15) is 38.0 Å². The number of amides is 9. The minimum absolute atomic E-state index is 0. The van der Waals surface area contributed by atoms with Crippen molar-refractivity contribution in [1.82, 2.24) is 56.3 Å². The van der Waals surface area contributed by atoms with E-state index in [4.69, 9.17) is 8.94 Å². The maximum atomic E-state index is 13.6. The molecule has 11 N–H and O–H groups in total. The van der Waals surface area contributed by atoms with Crippen molar-refractivity contribution in [1.29, 1.82) is 0 Å². The van der Waals surface area contributed by atoms with Gasteiger partial charge in [-0.15, -0.1) is 0 Å². The third-order valence-electron chi connectivity index (χ3n) is 19.3. The maximum absolute atomic E-state index is 13.6. The summed E-state index contributed by atoms with van der Waals surface area (Å²) in [6.45, 7) is 20.4. The molecule has 0 aliphatic carbocycles. The quantitative estimate of drug-likeness (QED) is 0.0358. The summed E-state index contributed by atoms with van der Waals surface area (Å²) in [5.74, 6) is -1.56. The number of nitrogens with two attached hydrogens (primary N) is 1. The normalized spacial score (nSPS) is 18.2. The number of rotatable bonds is 18. The van der Waals surface area contributed by atoms with Gasteiger partial charge in [0.05, 0.1) is 11.9 Å². The molecule has 2 unspecified atom stereocenters. The van der Waals surface area contributed by atoms with E-state index >= 15 is 0 Å². The Hall–Kier alpha value is -10.1. The van der Waals surface area contributed by atoms with Crippen LogP contribution in [-0.4, -0.2) is 143 Å². The number of piperidine rings is 4. The van der Waals surface area contributed by atoms with Gasteiger partial charge in [-0.2, -0.15) is 8.78 Å². The van der Waals surface area contributed by atoms with Crippen LogP contribution in [0, 0.1) is 30.9 Å². The van der Waals surface area contributed by atoms with Gasteiger partial charge < -0.3 is 62.2 Å². The SMILES string of the molecule is C.Cc1cc(NC(=O)NC2C(C)CN(Cc3ccccc3)CC2C)no1.Cc1cc(NC(=O)NC2CCN(Cc3ccccc3)CC2)c(C(C)(F)F)o1.O=C(Nc1ccc2c(c1)C(=O)NCC2)NC1CCN(Cc2ccccc2)CC1.O=C(Nc1ccncc1[NH2+][O-])NC1CCN(Cc2ccccc2)CC1. The van der Waals surface area contributed by atoms with Crippen LogP contribution in [0.1, 0.15) is 122 Å². The van der Waals surface area contributed by atoms with Crippen LogP contribution in [0.4, 0.5) is 56.5 Å². The molecule has 0 saturated carbocycles. The van der Waals surface area contributed by atoms with E-state index in [1.54, 1.807) is 38.2 Å². The fourth-order valence-electron chi connectivity index (χ4n) is 14.0. The molecule has 0 bridgehead atoms. The smallest absolute Gasteiger partial charge is 0.320 e. The number of carbonyl (C=O) groups excluding carboxylic acids is 5. The number of urea groups is 4. The second-order valence-electron chi connectivity index (χ2n) is 27.9. The second-order valence-corrected chi connectivity index (χ2v) is 27.9. The number of quaternary nitrogens is 1. The summed E-state index contributed by atoms with van der Waals surface area (Å²) in [5.41, 5.74) is 9.10. The van der Waals surface area contributed by atoms with Crippen molar-refractivity contribution in [3.8, 4) is 0 Å². The van der Waals surface area contributed by atoms with Crippen LogP contribution in [-0.2, 0) is 38.5 Å². The van der Waals surface area contributed by atoms with E-state index in [1.807, 2.05) is 48.5 Å². The Morgan fingerprint density at radius 1 is 0.566 bits per heavy atom. The first-order chi connectivity index (χ1) is 50.7. The number of hydrogen-bond acceptors (Lipinski definition) is 14. The highest BCUT2D eigenvalue weighted by molar-refractivity contribution is 5.99. The third kappa shape index (κ3) is 25.3. The van der Waals surface area contributed by atoms with Crippen LogP contribution in [0.2, 0.25) is 0 Å². The number of fused-ring (bicyclic) bond motifs is 1. The van der Waals surface area contributed by atoms with Crippen LogP contribution >= 0.6 is 0 Å². The van der Waals surface area contributed by atoms with Crippen molar-refractivity contribution >= 4 is 58.6 Å². The lowest BCUT2D eigenvalue weighted by Gasteiger charge is -2.41. The summed E-state index contributed by atoms with van der Waals surface area (Å²) in [4.78, 5) is 74.4. The number of aryl methyl sites for hydroxylation is 2. The van der Waals surface area contributed by atoms with Crippen LogP contribution in [0.3, 0.4) is 0 Å². The molecule has 8 heterocycles. The molecule has 5 aliphatic heterocycles. The van der Waals surface area contributed by atoms with Gasteiger partial charge in [0.1, 0.15) is 17.2 Å². The summed E-state index contributed by atoms with van der Waals surface area (Å²) in [5, 5.41) is 40.5. The molecule has 13 rings (SSSR count). The number of hydrogen-bond donors (Lipinski definition) is 10. The molecule has 3 aromatic heterocycles. The molecule has 5 aliphatic rings. The van der Waals surface area contributed by atoms with Crippen molar-refractivity contribution in [3.63, 3.8) is 0 Å². The number of nitrogens with zero attached hydrogens (tertiary/aromatic N) is 6. The van der Waals surface area contributed by atoms with Gasteiger partial charge in [-0.3, -0.25) is 34.7 Å². The Labute approximate surface area is 620 Å². The van der Waals surface area contributed by atoms with Gasteiger partial charge in [-0.25, -0.2) is 19.2 Å². The van der Waals surface area contributed by atoms with Crippen molar-refractivity contribution in [2.75, 3.05) is 80.2 Å². The average molecular weight is 1460 g/mol. The minimum Gasteiger partial charge on any atom is -0.630 e. The van der Waals surface area contributed by atoms with Gasteiger partial charge in [-0.05, 0) is 117 Å². The van der Waals surface area contributed by atoms with Crippen molar-refractivity contribution in [2.24, 2.45) is 11.8 Å². The predicted molar refractivity (Wildman–Crippen MR) is 409 cm³/mol. The number of nitrogens with one attached hydrogen (secondary N) is 9. The minimum atomic E-state index is -3.15. The highest BCUT2D eigenvalue weighted by atomic mass is 19.3. The molecule has 4 saturated heterocycles. The van der Waals surface area contributed by atoms with Crippen LogP contribution < -0.4 is 53.3 Å². The monoisotopic (exact) mass is 1450 g/mol. The summed E-state index contributed by atoms with van der Waals surface area (Å²) < 4.78 is 37.2. The number of pyridine rings is 1. The average Bonchev–Trinajstić information content (AvgIpc) is 1.75. The Balaban J connectivity index is 0.000000163. The Kier molecular flexibility index (Phi) is 30.1. The van der Waals surface area contributed by atoms with Gasteiger partial charge in [0.25, 0.3) is 5.91 Å². The number of aromatic nitrogens is 2. The second kappa shape index (κ2) is 39.9. The molecule has 0 spiro atoms. The lowest BCUT2D eigenvalue weighted by atomic mass is 9.85. The molecule has 24 nitrogen and oxygen atoms in total. The molecule has 9 amide bonds. The summed E-state index contributed by atoms with van der Waals surface area (Å²) in [7, 11) is 0. The molecule has 106 heavy (non-hydrogen) atoms. The summed E-state index contributed by atoms with van der Waals surface area (Å²) in [6, 6.07) is 51.2. The number of alkyl halides is 2. The molecule has 566 valence electrons. The zero-order valence-corrected chi connectivity index (χ0v) is 60.6. The molecule has 0 radical (unpaired) electrons. The van der Waals surface area contributed by atoms with Gasteiger partial charge in [0.2, 0.25) is 0 Å². The van der Waals surface area contributed by atoms with Gasteiger partial charge in [0.15, 0.2) is 17.3 Å². The first kappa shape index (κ1) is 80.0. The van der Waals surface area contributed by atoms with E-state index in [2.05, 4.69) is 176 Å².